The van der Waals surface area contributed by atoms with Gasteiger partial charge in [0.05, 0.1) is 11.7 Å². The molecule has 1 atom stereocenters. The molecule has 1 unspecified atom stereocenters. The number of hydrogen-bond acceptors (Lipinski definition) is 5. The van der Waals surface area contributed by atoms with Gasteiger partial charge < -0.3 is 5.32 Å². The highest BCUT2D eigenvalue weighted by Crippen LogP contribution is 2.25. The first-order valence-electron chi connectivity index (χ1n) is 9.27. The number of nitrogens with zero attached hydrogens (tertiary/aromatic N) is 4. The molecule has 144 valence electrons. The third-order valence-electron chi connectivity index (χ3n) is 4.63. The Balaban J connectivity index is 1.65. The number of pyridine rings is 1. The highest BCUT2D eigenvalue weighted by Gasteiger charge is 2.17. The van der Waals surface area contributed by atoms with Gasteiger partial charge in [-0.15, -0.1) is 11.3 Å². The molecule has 0 aromatic carbocycles. The fraction of sp³-hybridized carbons (Fsp3) is 0.300. The molecule has 4 aromatic heterocycles. The Morgan fingerprint density at radius 3 is 2.93 bits per heavy atom. The second-order valence-electron chi connectivity index (χ2n) is 6.72. The summed E-state index contributed by atoms with van der Waals surface area (Å²) in [7, 11) is 0. The molecule has 8 heteroatoms. The molecule has 0 saturated heterocycles. The van der Waals surface area contributed by atoms with Gasteiger partial charge in [0.15, 0.2) is 0 Å². The van der Waals surface area contributed by atoms with Crippen molar-refractivity contribution >= 4 is 33.0 Å². The molecule has 4 heterocycles. The quantitative estimate of drug-likeness (QED) is 0.544. The van der Waals surface area contributed by atoms with E-state index in [1.54, 1.807) is 17.5 Å². The Kier molecular flexibility index (Phi) is 4.95. The number of fused-ring (bicyclic) bond motifs is 3. The number of aryl methyl sites for hydroxylation is 1. The third kappa shape index (κ3) is 3.31. The van der Waals surface area contributed by atoms with Crippen molar-refractivity contribution in [2.75, 3.05) is 0 Å². The van der Waals surface area contributed by atoms with Crippen molar-refractivity contribution in [3.05, 3.63) is 63.8 Å². The zero-order valence-electron chi connectivity index (χ0n) is 15.8. The molecule has 0 spiro atoms. The van der Waals surface area contributed by atoms with Gasteiger partial charge in [-0.25, -0.2) is 4.68 Å². The largest absolute Gasteiger partial charge is 0.346 e. The predicted octanol–water partition coefficient (Wildman–Crippen LogP) is 2.94. The van der Waals surface area contributed by atoms with Gasteiger partial charge in [-0.05, 0) is 43.0 Å². The Hall–Kier alpha value is -3.00. The fourth-order valence-corrected chi connectivity index (χ4v) is 4.24. The lowest BCUT2D eigenvalue weighted by Gasteiger charge is -2.14. The van der Waals surface area contributed by atoms with E-state index in [4.69, 9.17) is 0 Å². The average Bonchev–Trinajstić information content (AvgIpc) is 3.27. The molecule has 0 saturated carbocycles. The van der Waals surface area contributed by atoms with Gasteiger partial charge in [0.2, 0.25) is 5.91 Å². The Morgan fingerprint density at radius 2 is 2.18 bits per heavy atom. The minimum atomic E-state index is -0.270. The van der Waals surface area contributed by atoms with Crippen LogP contribution in [0.1, 0.15) is 37.8 Å². The highest BCUT2D eigenvalue weighted by atomic mass is 32.1. The molecule has 4 aromatic rings. The van der Waals surface area contributed by atoms with Crippen LogP contribution in [0.15, 0.2) is 46.7 Å². The summed E-state index contributed by atoms with van der Waals surface area (Å²) in [5, 5.41) is 10.4. The minimum absolute atomic E-state index is 0.123. The summed E-state index contributed by atoms with van der Waals surface area (Å²) in [6, 6.07) is 9.18. The van der Waals surface area contributed by atoms with Crippen LogP contribution in [0.5, 0.6) is 0 Å². The van der Waals surface area contributed by atoms with Crippen LogP contribution in [0.2, 0.25) is 0 Å². The fourth-order valence-electron chi connectivity index (χ4n) is 3.32. The monoisotopic (exact) mass is 395 g/mol. The van der Waals surface area contributed by atoms with E-state index in [2.05, 4.69) is 22.3 Å². The van der Waals surface area contributed by atoms with Crippen LogP contribution in [0, 0.1) is 0 Å². The summed E-state index contributed by atoms with van der Waals surface area (Å²) in [6.45, 7) is 3.81. The van der Waals surface area contributed by atoms with Crippen molar-refractivity contribution in [2.45, 2.75) is 39.3 Å². The zero-order chi connectivity index (χ0) is 19.7. The van der Waals surface area contributed by atoms with Crippen LogP contribution in [0.4, 0.5) is 0 Å². The number of carbonyl (C=O) groups excluding carboxylic acids is 1. The normalized spacial score (nSPS) is 12.5. The van der Waals surface area contributed by atoms with Crippen molar-refractivity contribution in [3.8, 4) is 0 Å². The van der Waals surface area contributed by atoms with Gasteiger partial charge in [0, 0.05) is 18.0 Å². The molecule has 0 radical (unpaired) electrons. The summed E-state index contributed by atoms with van der Waals surface area (Å²) in [6.07, 6.45) is 3.31. The molecular weight excluding hydrogens is 374 g/mol. The van der Waals surface area contributed by atoms with E-state index in [-0.39, 0.29) is 24.1 Å². The number of aromatic nitrogens is 4. The first-order valence-corrected chi connectivity index (χ1v) is 10.2. The van der Waals surface area contributed by atoms with Crippen molar-refractivity contribution < 1.29 is 4.79 Å². The van der Waals surface area contributed by atoms with Crippen molar-refractivity contribution in [1.29, 1.82) is 0 Å². The molecule has 0 aliphatic carbocycles. The van der Waals surface area contributed by atoms with E-state index in [0.717, 1.165) is 34.6 Å². The van der Waals surface area contributed by atoms with Crippen molar-refractivity contribution in [3.63, 3.8) is 0 Å². The zero-order valence-corrected chi connectivity index (χ0v) is 16.6. The summed E-state index contributed by atoms with van der Waals surface area (Å²) >= 11 is 1.59. The average molecular weight is 395 g/mol. The molecule has 0 aliphatic rings. The van der Waals surface area contributed by atoms with E-state index in [9.17, 15) is 9.59 Å². The van der Waals surface area contributed by atoms with Crippen molar-refractivity contribution in [2.24, 2.45) is 0 Å². The first kappa shape index (κ1) is 18.4. The Bertz CT molecular complexity index is 1190. The van der Waals surface area contributed by atoms with Crippen LogP contribution in [0.25, 0.3) is 15.7 Å². The van der Waals surface area contributed by atoms with E-state index in [1.807, 2.05) is 47.0 Å². The van der Waals surface area contributed by atoms with Gasteiger partial charge in [-0.3, -0.25) is 19.0 Å². The van der Waals surface area contributed by atoms with Crippen LogP contribution in [0.3, 0.4) is 0 Å². The molecule has 0 bridgehead atoms. The molecule has 0 fully saturated rings. The molecule has 1 amide bonds. The summed E-state index contributed by atoms with van der Waals surface area (Å²) < 4.78 is 3.20. The lowest BCUT2D eigenvalue weighted by Crippen LogP contribution is -2.36. The maximum atomic E-state index is 12.9. The lowest BCUT2D eigenvalue weighted by molar-refractivity contribution is -0.122. The van der Waals surface area contributed by atoms with Crippen molar-refractivity contribution in [1.82, 2.24) is 24.5 Å². The predicted molar refractivity (Wildman–Crippen MR) is 110 cm³/mol. The molecule has 0 aliphatic heterocycles. The van der Waals surface area contributed by atoms with Gasteiger partial charge in [0.25, 0.3) is 5.56 Å². The summed E-state index contributed by atoms with van der Waals surface area (Å²) in [5.74, 6) is 0.521. The molecule has 7 nitrogen and oxygen atoms in total. The Labute approximate surface area is 165 Å². The number of carbonyl (C=O) groups is 1. The minimum Gasteiger partial charge on any atom is -0.346 e. The third-order valence-corrected chi connectivity index (χ3v) is 5.55. The maximum Gasteiger partial charge on any atom is 0.291 e. The molecule has 1 N–H and O–H groups in total. The Morgan fingerprint density at radius 1 is 1.32 bits per heavy atom. The second kappa shape index (κ2) is 7.55. The van der Waals surface area contributed by atoms with Gasteiger partial charge >= 0.3 is 0 Å². The molecular formula is C20H21N5O2S. The smallest absolute Gasteiger partial charge is 0.291 e. The van der Waals surface area contributed by atoms with Gasteiger partial charge in [-0.2, -0.15) is 5.10 Å². The number of nitrogens with one attached hydrogen (secondary N) is 1. The highest BCUT2D eigenvalue weighted by molar-refractivity contribution is 7.16. The van der Waals surface area contributed by atoms with Crippen LogP contribution in [-0.4, -0.2) is 25.1 Å². The van der Waals surface area contributed by atoms with Crippen LogP contribution < -0.4 is 10.9 Å². The number of rotatable bonds is 6. The van der Waals surface area contributed by atoms with E-state index >= 15 is 0 Å². The summed E-state index contributed by atoms with van der Waals surface area (Å²) in [4.78, 5) is 30.7. The van der Waals surface area contributed by atoms with Gasteiger partial charge in [-0.1, -0.05) is 13.0 Å². The van der Waals surface area contributed by atoms with Gasteiger partial charge in [0.1, 0.15) is 22.7 Å². The molecule has 4 rings (SSSR count). The number of amides is 1. The van der Waals surface area contributed by atoms with E-state index < -0.39 is 0 Å². The number of thiophene rings is 1. The SMILES string of the molecule is CCCc1nn(CC(=O)NC(C)c2ccccn2)c(=O)c2cc3ccsc3n12. The van der Waals surface area contributed by atoms with Crippen LogP contribution >= 0.6 is 11.3 Å². The van der Waals surface area contributed by atoms with Crippen LogP contribution in [-0.2, 0) is 17.8 Å². The van der Waals surface area contributed by atoms with E-state index in [0.29, 0.717) is 5.52 Å². The van der Waals surface area contributed by atoms with E-state index in [1.165, 1.54) is 4.68 Å². The lowest BCUT2D eigenvalue weighted by atomic mass is 10.2. The topological polar surface area (TPSA) is 81.3 Å². The first-order chi connectivity index (χ1) is 13.6. The number of hydrogen-bond donors (Lipinski definition) is 1. The maximum absolute atomic E-state index is 12.9. The molecule has 28 heavy (non-hydrogen) atoms. The second-order valence-corrected chi connectivity index (χ2v) is 7.61. The summed E-state index contributed by atoms with van der Waals surface area (Å²) in [5.41, 5.74) is 1.07. The standard InChI is InChI=1S/C20H21N5O2S/c1-3-6-17-23-24(12-18(26)22-13(2)15-7-4-5-9-21-15)19(27)16-11-14-8-10-28-20(14)25(16)17/h4-5,7-11,13H,3,6,12H2,1-2H3,(H,22,26).